The lowest BCUT2D eigenvalue weighted by Crippen LogP contribution is -2.47. The van der Waals surface area contributed by atoms with Gasteiger partial charge in [0.2, 0.25) is 0 Å². The van der Waals surface area contributed by atoms with E-state index >= 15 is 0 Å². The van der Waals surface area contributed by atoms with Crippen LogP contribution >= 0.6 is 0 Å². The van der Waals surface area contributed by atoms with Crippen LogP contribution in [0.5, 0.6) is 5.75 Å². The standard InChI is InChI=1S/C15H25N3O2/c1-11(2)18-14(13(20-3)10-16-18)15(19)6-8-17-7-4-5-12(17)9-15/h10-12,19H,4-9H2,1-3H3. The van der Waals surface area contributed by atoms with Crippen molar-refractivity contribution in [3.05, 3.63) is 11.9 Å². The third kappa shape index (κ3) is 2.13. The minimum Gasteiger partial charge on any atom is -0.493 e. The number of fused-ring (bicyclic) bond motifs is 1. The number of nitrogens with zero attached hydrogens (tertiary/aromatic N) is 3. The molecule has 1 N–H and O–H groups in total. The van der Waals surface area contributed by atoms with Crippen molar-refractivity contribution in [1.29, 1.82) is 0 Å². The molecule has 2 atom stereocenters. The van der Waals surface area contributed by atoms with E-state index in [9.17, 15) is 5.11 Å². The molecule has 0 aromatic carbocycles. The molecule has 2 saturated heterocycles. The van der Waals surface area contributed by atoms with Gasteiger partial charge in [-0.1, -0.05) is 0 Å². The summed E-state index contributed by atoms with van der Waals surface area (Å²) in [6.45, 7) is 6.32. The zero-order chi connectivity index (χ0) is 14.3. The van der Waals surface area contributed by atoms with E-state index in [0.29, 0.717) is 11.8 Å². The first kappa shape index (κ1) is 13.9. The molecule has 5 heteroatoms. The molecule has 1 aromatic rings. The molecule has 0 aliphatic carbocycles. The van der Waals surface area contributed by atoms with Gasteiger partial charge in [-0.3, -0.25) is 4.68 Å². The molecule has 1 aromatic heterocycles. The molecule has 0 saturated carbocycles. The lowest BCUT2D eigenvalue weighted by Gasteiger charge is -2.41. The van der Waals surface area contributed by atoms with E-state index in [1.807, 2.05) is 4.68 Å². The Morgan fingerprint density at radius 2 is 2.25 bits per heavy atom. The maximum Gasteiger partial charge on any atom is 0.162 e. The Morgan fingerprint density at radius 1 is 1.45 bits per heavy atom. The molecule has 0 spiro atoms. The van der Waals surface area contributed by atoms with Crippen LogP contribution in [-0.2, 0) is 5.60 Å². The minimum atomic E-state index is -0.808. The summed E-state index contributed by atoms with van der Waals surface area (Å²) in [5.41, 5.74) is 0.0546. The lowest BCUT2D eigenvalue weighted by molar-refractivity contribution is -0.0492. The second-order valence-electron chi connectivity index (χ2n) is 6.42. The van der Waals surface area contributed by atoms with E-state index in [1.54, 1.807) is 13.3 Å². The van der Waals surface area contributed by atoms with Gasteiger partial charge in [0.05, 0.1) is 13.3 Å². The molecular weight excluding hydrogens is 254 g/mol. The molecule has 3 rings (SSSR count). The molecule has 0 radical (unpaired) electrons. The number of rotatable bonds is 3. The van der Waals surface area contributed by atoms with Crippen LogP contribution in [0.2, 0.25) is 0 Å². The molecule has 0 amide bonds. The van der Waals surface area contributed by atoms with Crippen LogP contribution in [0.1, 0.15) is 51.3 Å². The Morgan fingerprint density at radius 3 is 2.95 bits per heavy atom. The molecule has 0 bridgehead atoms. The smallest absolute Gasteiger partial charge is 0.162 e. The Hall–Kier alpha value is -1.07. The summed E-state index contributed by atoms with van der Waals surface area (Å²) in [6.07, 6.45) is 5.73. The summed E-state index contributed by atoms with van der Waals surface area (Å²) in [5.74, 6) is 0.715. The van der Waals surface area contributed by atoms with Crippen molar-refractivity contribution in [2.45, 2.75) is 57.2 Å². The highest BCUT2D eigenvalue weighted by Crippen LogP contribution is 2.43. The number of methoxy groups -OCH3 is 1. The van der Waals surface area contributed by atoms with Crippen LogP contribution in [-0.4, -0.2) is 46.0 Å². The van der Waals surface area contributed by atoms with Crippen molar-refractivity contribution in [1.82, 2.24) is 14.7 Å². The van der Waals surface area contributed by atoms with E-state index in [2.05, 4.69) is 23.8 Å². The van der Waals surface area contributed by atoms with Gasteiger partial charge in [-0.2, -0.15) is 5.10 Å². The molecule has 5 nitrogen and oxygen atoms in total. The molecule has 20 heavy (non-hydrogen) atoms. The predicted octanol–water partition coefficient (Wildman–Crippen LogP) is 1.92. The van der Waals surface area contributed by atoms with Crippen LogP contribution in [0, 0.1) is 0 Å². The van der Waals surface area contributed by atoms with Gasteiger partial charge < -0.3 is 14.7 Å². The second kappa shape index (κ2) is 5.04. The number of hydrogen-bond donors (Lipinski definition) is 1. The summed E-state index contributed by atoms with van der Waals surface area (Å²) in [4.78, 5) is 2.51. The van der Waals surface area contributed by atoms with E-state index < -0.39 is 5.60 Å². The van der Waals surface area contributed by atoms with Gasteiger partial charge in [0.1, 0.15) is 11.3 Å². The predicted molar refractivity (Wildman–Crippen MR) is 76.9 cm³/mol. The van der Waals surface area contributed by atoms with Crippen molar-refractivity contribution in [2.24, 2.45) is 0 Å². The molecule has 2 unspecified atom stereocenters. The van der Waals surface area contributed by atoms with E-state index in [4.69, 9.17) is 4.74 Å². The monoisotopic (exact) mass is 279 g/mol. The highest BCUT2D eigenvalue weighted by molar-refractivity contribution is 5.32. The molecule has 3 heterocycles. The average Bonchev–Trinajstić information content (AvgIpc) is 3.03. The molecule has 112 valence electrons. The number of piperidine rings is 1. The van der Waals surface area contributed by atoms with Gasteiger partial charge in [-0.15, -0.1) is 0 Å². The van der Waals surface area contributed by atoms with E-state index in [1.165, 1.54) is 19.4 Å². The Bertz CT molecular complexity index is 485. The Labute approximate surface area is 120 Å². The number of aromatic nitrogens is 2. The van der Waals surface area contributed by atoms with Crippen LogP contribution in [0.4, 0.5) is 0 Å². The van der Waals surface area contributed by atoms with Gasteiger partial charge in [0.25, 0.3) is 0 Å². The summed E-state index contributed by atoms with van der Waals surface area (Å²) < 4.78 is 7.37. The van der Waals surface area contributed by atoms with Crippen LogP contribution in [0.25, 0.3) is 0 Å². The van der Waals surface area contributed by atoms with Gasteiger partial charge >= 0.3 is 0 Å². The fourth-order valence-corrected chi connectivity index (χ4v) is 3.79. The summed E-state index contributed by atoms with van der Waals surface area (Å²) in [7, 11) is 1.65. The zero-order valence-electron chi connectivity index (χ0n) is 12.7. The van der Waals surface area contributed by atoms with Crippen molar-refractivity contribution >= 4 is 0 Å². The maximum absolute atomic E-state index is 11.3. The first-order valence-electron chi connectivity index (χ1n) is 7.63. The van der Waals surface area contributed by atoms with Crippen molar-refractivity contribution in [3.8, 4) is 5.75 Å². The summed E-state index contributed by atoms with van der Waals surface area (Å²) in [6, 6.07) is 0.730. The highest BCUT2D eigenvalue weighted by atomic mass is 16.5. The SMILES string of the molecule is COc1cnn(C(C)C)c1C1(O)CCN2CCCC2C1. The number of hydrogen-bond acceptors (Lipinski definition) is 4. The molecular formula is C15H25N3O2. The number of ether oxygens (including phenoxy) is 1. The fourth-order valence-electron chi connectivity index (χ4n) is 3.79. The zero-order valence-corrected chi connectivity index (χ0v) is 12.7. The number of aliphatic hydroxyl groups is 1. The lowest BCUT2D eigenvalue weighted by atomic mass is 9.83. The van der Waals surface area contributed by atoms with E-state index in [0.717, 1.165) is 25.1 Å². The van der Waals surface area contributed by atoms with E-state index in [-0.39, 0.29) is 6.04 Å². The third-order valence-electron chi connectivity index (χ3n) is 4.80. The highest BCUT2D eigenvalue weighted by Gasteiger charge is 2.45. The van der Waals surface area contributed by atoms with Crippen molar-refractivity contribution < 1.29 is 9.84 Å². The first-order chi connectivity index (χ1) is 9.55. The summed E-state index contributed by atoms with van der Waals surface area (Å²) in [5, 5.41) is 15.7. The maximum atomic E-state index is 11.3. The van der Waals surface area contributed by atoms with Crippen molar-refractivity contribution in [3.63, 3.8) is 0 Å². The first-order valence-corrected chi connectivity index (χ1v) is 7.63. The summed E-state index contributed by atoms with van der Waals surface area (Å²) >= 11 is 0. The van der Waals surface area contributed by atoms with Crippen LogP contribution < -0.4 is 4.74 Å². The van der Waals surface area contributed by atoms with Crippen LogP contribution in [0.3, 0.4) is 0 Å². The Kier molecular flexibility index (Phi) is 3.50. The molecule has 2 aliphatic heterocycles. The largest absolute Gasteiger partial charge is 0.493 e. The van der Waals surface area contributed by atoms with Gasteiger partial charge in [-0.25, -0.2) is 0 Å². The second-order valence-corrected chi connectivity index (χ2v) is 6.42. The van der Waals surface area contributed by atoms with Gasteiger partial charge in [0, 0.05) is 18.6 Å². The minimum absolute atomic E-state index is 0.222. The fraction of sp³-hybridized carbons (Fsp3) is 0.800. The quantitative estimate of drug-likeness (QED) is 0.918. The van der Waals surface area contributed by atoms with Crippen LogP contribution in [0.15, 0.2) is 6.20 Å². The molecule has 2 fully saturated rings. The Balaban J connectivity index is 1.96. The third-order valence-corrected chi connectivity index (χ3v) is 4.80. The average molecular weight is 279 g/mol. The van der Waals surface area contributed by atoms with Gasteiger partial charge in [-0.05, 0) is 46.1 Å². The normalized spacial score (nSPS) is 30.8. The van der Waals surface area contributed by atoms with Crippen molar-refractivity contribution in [2.75, 3.05) is 20.2 Å². The molecule has 2 aliphatic rings. The topological polar surface area (TPSA) is 50.5 Å². The van der Waals surface area contributed by atoms with Gasteiger partial charge in [0.15, 0.2) is 5.75 Å².